The molecular formula is C23H21F3N4O3S. The number of nitrogens with zero attached hydrogens (tertiary/aromatic N) is 3. The lowest BCUT2D eigenvalue weighted by atomic mass is 9.99. The van der Waals surface area contributed by atoms with Crippen molar-refractivity contribution in [1.82, 2.24) is 15.0 Å². The van der Waals surface area contributed by atoms with E-state index in [0.717, 1.165) is 19.4 Å². The summed E-state index contributed by atoms with van der Waals surface area (Å²) in [5.74, 6) is 5.46. The van der Waals surface area contributed by atoms with E-state index >= 15 is 0 Å². The lowest BCUT2D eigenvalue weighted by Crippen LogP contribution is -2.11. The number of benzene rings is 1. The number of pyridine rings is 1. The molecule has 0 spiro atoms. The minimum absolute atomic E-state index is 0.125. The van der Waals surface area contributed by atoms with E-state index in [1.165, 1.54) is 30.7 Å². The largest absolute Gasteiger partial charge is 0.495 e. The number of halogens is 3. The van der Waals surface area contributed by atoms with Gasteiger partial charge in [-0.3, -0.25) is 9.71 Å². The molecule has 0 aliphatic carbocycles. The predicted octanol–water partition coefficient (Wildman–Crippen LogP) is 4.21. The van der Waals surface area contributed by atoms with E-state index in [-0.39, 0.29) is 22.7 Å². The van der Waals surface area contributed by atoms with Crippen LogP contribution in [0.1, 0.15) is 35.0 Å². The monoisotopic (exact) mass is 490 g/mol. The highest BCUT2D eigenvalue weighted by atomic mass is 32.2. The minimum Gasteiger partial charge on any atom is -0.495 e. The first kappa shape index (κ1) is 25.0. The van der Waals surface area contributed by atoms with Crippen molar-refractivity contribution < 1.29 is 26.3 Å². The van der Waals surface area contributed by atoms with Crippen molar-refractivity contribution in [3.63, 3.8) is 0 Å². The summed E-state index contributed by atoms with van der Waals surface area (Å²) in [5, 5.41) is 0. The SMILES string of the molecule is CCc1ncnc(-c2cccc(C(F)(F)F)c2OC)c1C#Cc1cnc(C)c(NS(C)(=O)=O)c1. The van der Waals surface area contributed by atoms with E-state index in [1.807, 2.05) is 6.92 Å². The van der Waals surface area contributed by atoms with Crippen LogP contribution in [0.15, 0.2) is 36.8 Å². The van der Waals surface area contributed by atoms with E-state index < -0.39 is 21.8 Å². The number of anilines is 1. The van der Waals surface area contributed by atoms with Crippen LogP contribution >= 0.6 is 0 Å². The summed E-state index contributed by atoms with van der Waals surface area (Å²) in [6, 6.07) is 5.21. The molecule has 0 saturated carbocycles. The molecule has 0 bridgehead atoms. The van der Waals surface area contributed by atoms with Crippen molar-refractivity contribution in [1.29, 1.82) is 0 Å². The van der Waals surface area contributed by atoms with Crippen molar-refractivity contribution in [2.45, 2.75) is 26.4 Å². The third kappa shape index (κ3) is 5.63. The molecular weight excluding hydrogens is 469 g/mol. The molecule has 1 aromatic carbocycles. The third-order valence-corrected chi connectivity index (χ3v) is 5.35. The second-order valence-corrected chi connectivity index (χ2v) is 9.01. The molecule has 3 aromatic rings. The van der Waals surface area contributed by atoms with E-state index in [0.29, 0.717) is 28.9 Å². The number of aryl methyl sites for hydroxylation is 2. The second-order valence-electron chi connectivity index (χ2n) is 7.26. The molecule has 0 unspecified atom stereocenters. The molecule has 7 nitrogen and oxygen atoms in total. The van der Waals surface area contributed by atoms with Crippen molar-refractivity contribution in [3.05, 3.63) is 64.9 Å². The normalized spacial score (nSPS) is 11.5. The van der Waals surface area contributed by atoms with Gasteiger partial charge in [0, 0.05) is 17.3 Å². The van der Waals surface area contributed by atoms with Crippen molar-refractivity contribution in [2.24, 2.45) is 0 Å². The van der Waals surface area contributed by atoms with Gasteiger partial charge in [-0.2, -0.15) is 13.2 Å². The zero-order valence-corrected chi connectivity index (χ0v) is 19.6. The molecule has 0 radical (unpaired) electrons. The topological polar surface area (TPSA) is 94.1 Å². The van der Waals surface area contributed by atoms with Crippen LogP contribution in [0.25, 0.3) is 11.3 Å². The Bertz CT molecular complexity index is 1390. The zero-order chi connectivity index (χ0) is 25.1. The number of methoxy groups -OCH3 is 1. The van der Waals surface area contributed by atoms with Crippen molar-refractivity contribution in [3.8, 4) is 28.8 Å². The summed E-state index contributed by atoms with van der Waals surface area (Å²) < 4.78 is 71.3. The summed E-state index contributed by atoms with van der Waals surface area (Å²) in [7, 11) is -2.36. The maximum atomic E-state index is 13.5. The summed E-state index contributed by atoms with van der Waals surface area (Å²) in [4.78, 5) is 12.6. The van der Waals surface area contributed by atoms with E-state index in [1.54, 1.807) is 6.92 Å². The number of aromatic nitrogens is 3. The first-order valence-electron chi connectivity index (χ1n) is 9.99. The predicted molar refractivity (Wildman–Crippen MR) is 122 cm³/mol. The first-order valence-corrected chi connectivity index (χ1v) is 11.9. The van der Waals surface area contributed by atoms with Crippen molar-refractivity contribution >= 4 is 15.7 Å². The van der Waals surface area contributed by atoms with Crippen LogP contribution in [0.4, 0.5) is 18.9 Å². The molecule has 3 rings (SSSR count). The highest BCUT2D eigenvalue weighted by Gasteiger charge is 2.35. The standard InChI is InChI=1S/C23H21F3N4O3S/c1-5-19-16(10-9-15-11-20(14(2)27-12-15)30-34(4,31)32)21(29-13-28-19)17-7-6-8-18(22(17)33-3)23(24,25)26/h6-8,11-13,30H,5H2,1-4H3. The number of ether oxygens (including phenoxy) is 1. The van der Waals surface area contributed by atoms with Gasteiger partial charge in [0.25, 0.3) is 0 Å². The van der Waals surface area contributed by atoms with Gasteiger partial charge in [0.05, 0.1) is 47.3 Å². The maximum Gasteiger partial charge on any atom is 0.419 e. The fourth-order valence-corrected chi connectivity index (χ4v) is 3.84. The first-order chi connectivity index (χ1) is 15.9. The quantitative estimate of drug-likeness (QED) is 0.539. The summed E-state index contributed by atoms with van der Waals surface area (Å²) in [6.45, 7) is 3.48. The van der Waals surface area contributed by atoms with E-state index in [4.69, 9.17) is 4.74 Å². The van der Waals surface area contributed by atoms with Gasteiger partial charge >= 0.3 is 6.18 Å². The van der Waals surface area contributed by atoms with Gasteiger partial charge in [-0.25, -0.2) is 18.4 Å². The number of hydrogen-bond acceptors (Lipinski definition) is 6. The number of para-hydroxylation sites is 1. The summed E-state index contributed by atoms with van der Waals surface area (Å²) in [5.41, 5.74) is 1.38. The fraction of sp³-hybridized carbons (Fsp3) is 0.261. The Labute approximate surface area is 195 Å². The Balaban J connectivity index is 2.19. The molecule has 0 amide bonds. The lowest BCUT2D eigenvalue weighted by molar-refractivity contribution is -0.138. The summed E-state index contributed by atoms with van der Waals surface area (Å²) >= 11 is 0. The van der Waals surface area contributed by atoms with E-state index in [9.17, 15) is 21.6 Å². The molecule has 11 heteroatoms. The van der Waals surface area contributed by atoms with E-state index in [2.05, 4.69) is 31.5 Å². The van der Waals surface area contributed by atoms with Gasteiger partial charge in [-0.1, -0.05) is 24.8 Å². The highest BCUT2D eigenvalue weighted by molar-refractivity contribution is 7.92. The molecule has 0 aliphatic rings. The second kappa shape index (κ2) is 9.69. The minimum atomic E-state index is -4.62. The Morgan fingerprint density at radius 2 is 1.88 bits per heavy atom. The van der Waals surface area contributed by atoms with Crippen LogP contribution in [-0.4, -0.2) is 36.7 Å². The van der Waals surface area contributed by atoms with Gasteiger partial charge in [0.15, 0.2) is 0 Å². The van der Waals surface area contributed by atoms with Crippen LogP contribution in [0, 0.1) is 18.8 Å². The van der Waals surface area contributed by atoms with Crippen LogP contribution in [0.2, 0.25) is 0 Å². The Hall–Kier alpha value is -3.65. The molecule has 2 heterocycles. The smallest absolute Gasteiger partial charge is 0.419 e. The lowest BCUT2D eigenvalue weighted by Gasteiger charge is -2.16. The molecule has 0 fully saturated rings. The number of alkyl halides is 3. The Morgan fingerprint density at radius 3 is 2.50 bits per heavy atom. The molecule has 0 atom stereocenters. The molecule has 0 aliphatic heterocycles. The number of nitrogens with one attached hydrogen (secondary N) is 1. The average Bonchev–Trinajstić information content (AvgIpc) is 2.77. The van der Waals surface area contributed by atoms with Crippen LogP contribution in [0.5, 0.6) is 5.75 Å². The van der Waals surface area contributed by atoms with Crippen molar-refractivity contribution in [2.75, 3.05) is 18.1 Å². The van der Waals surface area contributed by atoms with Gasteiger partial charge in [0.2, 0.25) is 10.0 Å². The molecule has 2 aromatic heterocycles. The maximum absolute atomic E-state index is 13.5. The molecule has 34 heavy (non-hydrogen) atoms. The van der Waals surface area contributed by atoms with Gasteiger partial charge in [-0.15, -0.1) is 0 Å². The number of sulfonamides is 1. The molecule has 1 N–H and O–H groups in total. The Morgan fingerprint density at radius 1 is 1.15 bits per heavy atom. The molecule has 0 saturated heterocycles. The van der Waals surface area contributed by atoms with Gasteiger partial charge < -0.3 is 4.74 Å². The number of rotatable bonds is 5. The highest BCUT2D eigenvalue weighted by Crippen LogP contribution is 2.42. The third-order valence-electron chi connectivity index (χ3n) is 4.75. The Kier molecular flexibility index (Phi) is 7.12. The fourth-order valence-electron chi connectivity index (χ4n) is 3.23. The number of hydrogen-bond donors (Lipinski definition) is 1. The van der Waals surface area contributed by atoms with Gasteiger partial charge in [-0.05, 0) is 31.5 Å². The molecule has 178 valence electrons. The zero-order valence-electron chi connectivity index (χ0n) is 18.8. The van der Waals surface area contributed by atoms with Crippen LogP contribution < -0.4 is 9.46 Å². The van der Waals surface area contributed by atoms with Gasteiger partial charge in [0.1, 0.15) is 12.1 Å². The van der Waals surface area contributed by atoms with Crippen LogP contribution in [-0.2, 0) is 22.6 Å². The summed E-state index contributed by atoms with van der Waals surface area (Å²) in [6.07, 6.45) is -0.414. The average molecular weight is 491 g/mol. The van der Waals surface area contributed by atoms with Crippen LogP contribution in [0.3, 0.4) is 0 Å².